The van der Waals surface area contributed by atoms with Gasteiger partial charge in [0, 0.05) is 27.4 Å². The van der Waals surface area contributed by atoms with Gasteiger partial charge in [-0.15, -0.1) is 0 Å². The van der Waals surface area contributed by atoms with E-state index in [2.05, 4.69) is 31.9 Å². The van der Waals surface area contributed by atoms with Crippen LogP contribution in [-0.2, 0) is 11.4 Å². The van der Waals surface area contributed by atoms with Crippen LogP contribution < -0.4 is 25.4 Å². The number of halogens is 1. The largest absolute Gasteiger partial charge is 0.492 e. The van der Waals surface area contributed by atoms with Gasteiger partial charge in [-0.3, -0.25) is 4.79 Å². The Balaban J connectivity index is 1.41. The molecule has 3 aromatic rings. The standard InChI is InChI=1S/C26H22BrN3O4S2/c27-21-9-5-4-6-18(21)16-34-22-15-20(11-10-17(22)14-23-24(31)30-26(35)36-23)33-13-12-28-25(32)29-19-7-2-1-3-8-19/h1-11,14-15H,12-13,16H2,(H2,28,29,32)(H,30,31,35). The fourth-order valence-corrected chi connectivity index (χ4v) is 4.65. The maximum absolute atomic E-state index is 12.1. The van der Waals surface area contributed by atoms with Crippen LogP contribution in [0, 0.1) is 0 Å². The van der Waals surface area contributed by atoms with Crippen molar-refractivity contribution in [1.29, 1.82) is 0 Å². The summed E-state index contributed by atoms with van der Waals surface area (Å²) in [5.41, 5.74) is 2.41. The molecule has 1 aliphatic heterocycles. The van der Waals surface area contributed by atoms with Crippen molar-refractivity contribution in [3.05, 3.63) is 93.3 Å². The first kappa shape index (κ1) is 25.7. The minimum Gasteiger partial charge on any atom is -0.492 e. The molecule has 1 heterocycles. The molecule has 1 aliphatic rings. The zero-order valence-electron chi connectivity index (χ0n) is 19.0. The summed E-state index contributed by atoms with van der Waals surface area (Å²) in [5.74, 6) is 0.891. The molecule has 4 rings (SSSR count). The number of amides is 3. The van der Waals surface area contributed by atoms with Crippen LogP contribution in [0.5, 0.6) is 11.5 Å². The van der Waals surface area contributed by atoms with E-state index in [9.17, 15) is 9.59 Å². The summed E-state index contributed by atoms with van der Waals surface area (Å²) in [5, 5.41) is 8.13. The summed E-state index contributed by atoms with van der Waals surface area (Å²) in [6.07, 6.45) is 1.74. The summed E-state index contributed by atoms with van der Waals surface area (Å²) in [6, 6.07) is 22.0. The number of benzene rings is 3. The van der Waals surface area contributed by atoms with Crippen LogP contribution in [0.3, 0.4) is 0 Å². The lowest BCUT2D eigenvalue weighted by Gasteiger charge is -2.14. The van der Waals surface area contributed by atoms with Gasteiger partial charge in [0.2, 0.25) is 0 Å². The Morgan fingerprint density at radius 3 is 2.58 bits per heavy atom. The molecule has 0 saturated carbocycles. The Bertz CT molecular complexity index is 1300. The first-order valence-electron chi connectivity index (χ1n) is 11.0. The number of hydrogen-bond acceptors (Lipinski definition) is 6. The quantitative estimate of drug-likeness (QED) is 0.170. The van der Waals surface area contributed by atoms with Crippen LogP contribution in [0.2, 0.25) is 0 Å². The molecule has 0 atom stereocenters. The van der Waals surface area contributed by atoms with E-state index in [-0.39, 0.29) is 18.5 Å². The number of carbonyl (C=O) groups is 2. The van der Waals surface area contributed by atoms with Crippen molar-refractivity contribution in [3.8, 4) is 11.5 Å². The van der Waals surface area contributed by atoms with Gasteiger partial charge in [0.05, 0.1) is 11.4 Å². The third kappa shape index (κ3) is 7.33. The number of anilines is 1. The van der Waals surface area contributed by atoms with Gasteiger partial charge in [0.25, 0.3) is 5.91 Å². The van der Waals surface area contributed by atoms with E-state index in [0.29, 0.717) is 39.6 Å². The molecule has 36 heavy (non-hydrogen) atoms. The van der Waals surface area contributed by atoms with E-state index in [1.807, 2.05) is 60.7 Å². The molecule has 3 amide bonds. The van der Waals surface area contributed by atoms with Crippen LogP contribution in [0.25, 0.3) is 6.08 Å². The fraction of sp³-hybridized carbons (Fsp3) is 0.115. The van der Waals surface area contributed by atoms with E-state index in [4.69, 9.17) is 21.7 Å². The van der Waals surface area contributed by atoms with E-state index in [1.54, 1.807) is 18.2 Å². The second-order valence-corrected chi connectivity index (χ2v) is 10.1. The maximum Gasteiger partial charge on any atom is 0.319 e. The minimum absolute atomic E-state index is 0.234. The third-order valence-electron chi connectivity index (χ3n) is 4.94. The zero-order chi connectivity index (χ0) is 25.3. The first-order chi connectivity index (χ1) is 17.5. The van der Waals surface area contributed by atoms with E-state index < -0.39 is 0 Å². The Morgan fingerprint density at radius 1 is 1.06 bits per heavy atom. The highest BCUT2D eigenvalue weighted by atomic mass is 79.9. The van der Waals surface area contributed by atoms with Crippen LogP contribution >= 0.6 is 39.9 Å². The van der Waals surface area contributed by atoms with Crippen molar-refractivity contribution in [2.45, 2.75) is 6.61 Å². The lowest BCUT2D eigenvalue weighted by molar-refractivity contribution is -0.115. The topological polar surface area (TPSA) is 88.7 Å². The molecule has 3 N–H and O–H groups in total. The molecule has 0 aliphatic carbocycles. The number of urea groups is 1. The highest BCUT2D eigenvalue weighted by Crippen LogP contribution is 2.32. The fourth-order valence-electron chi connectivity index (χ4n) is 3.21. The Morgan fingerprint density at radius 2 is 1.83 bits per heavy atom. The number of ether oxygens (including phenoxy) is 2. The average Bonchev–Trinajstić information content (AvgIpc) is 3.19. The second-order valence-electron chi connectivity index (χ2n) is 7.53. The van der Waals surface area contributed by atoms with Crippen molar-refractivity contribution in [2.24, 2.45) is 0 Å². The lowest BCUT2D eigenvalue weighted by Crippen LogP contribution is -2.32. The second kappa shape index (κ2) is 12.6. The van der Waals surface area contributed by atoms with Gasteiger partial charge in [-0.2, -0.15) is 0 Å². The molecular weight excluding hydrogens is 562 g/mol. The molecule has 1 fully saturated rings. The molecule has 7 nitrogen and oxygen atoms in total. The Kier molecular flexibility index (Phi) is 8.99. The Labute approximate surface area is 226 Å². The molecule has 0 unspecified atom stereocenters. The molecular formula is C26H22BrN3O4S2. The van der Waals surface area contributed by atoms with Crippen molar-refractivity contribution in [2.75, 3.05) is 18.5 Å². The molecule has 0 bridgehead atoms. The molecule has 1 saturated heterocycles. The highest BCUT2D eigenvalue weighted by Gasteiger charge is 2.22. The lowest BCUT2D eigenvalue weighted by atomic mass is 10.1. The summed E-state index contributed by atoms with van der Waals surface area (Å²) in [7, 11) is 0. The van der Waals surface area contributed by atoms with E-state index >= 15 is 0 Å². The number of nitrogens with one attached hydrogen (secondary N) is 3. The van der Waals surface area contributed by atoms with Gasteiger partial charge in [-0.1, -0.05) is 76.3 Å². The van der Waals surface area contributed by atoms with E-state index in [0.717, 1.165) is 15.6 Å². The van der Waals surface area contributed by atoms with Crippen molar-refractivity contribution >= 4 is 67.9 Å². The van der Waals surface area contributed by atoms with Gasteiger partial charge in [-0.05, 0) is 36.4 Å². The molecule has 0 aromatic heterocycles. The summed E-state index contributed by atoms with van der Waals surface area (Å²) < 4.78 is 13.3. The first-order valence-corrected chi connectivity index (χ1v) is 13.0. The van der Waals surface area contributed by atoms with Gasteiger partial charge in [0.1, 0.15) is 29.0 Å². The van der Waals surface area contributed by atoms with E-state index in [1.165, 1.54) is 11.8 Å². The number of rotatable bonds is 9. The summed E-state index contributed by atoms with van der Waals surface area (Å²) in [4.78, 5) is 24.7. The van der Waals surface area contributed by atoms with Crippen LogP contribution in [0.15, 0.2) is 82.2 Å². The van der Waals surface area contributed by atoms with Crippen LogP contribution in [0.4, 0.5) is 10.5 Å². The van der Waals surface area contributed by atoms with Gasteiger partial charge < -0.3 is 25.4 Å². The van der Waals surface area contributed by atoms with Crippen molar-refractivity contribution in [1.82, 2.24) is 10.6 Å². The maximum atomic E-state index is 12.1. The Hall–Kier alpha value is -3.34. The summed E-state index contributed by atoms with van der Waals surface area (Å²) >= 11 is 9.83. The third-order valence-corrected chi connectivity index (χ3v) is 6.88. The van der Waals surface area contributed by atoms with Crippen LogP contribution in [-0.4, -0.2) is 29.4 Å². The highest BCUT2D eigenvalue weighted by molar-refractivity contribution is 9.10. The predicted molar refractivity (Wildman–Crippen MR) is 150 cm³/mol. The minimum atomic E-state index is -0.311. The number of thiocarbonyl (C=S) groups is 1. The van der Waals surface area contributed by atoms with Crippen LogP contribution in [0.1, 0.15) is 11.1 Å². The molecule has 0 radical (unpaired) electrons. The molecule has 184 valence electrons. The summed E-state index contributed by atoms with van der Waals surface area (Å²) in [6.45, 7) is 0.894. The monoisotopic (exact) mass is 583 g/mol. The number of thioether (sulfide) groups is 1. The number of para-hydroxylation sites is 1. The zero-order valence-corrected chi connectivity index (χ0v) is 22.2. The molecule has 3 aromatic carbocycles. The van der Waals surface area contributed by atoms with Gasteiger partial charge in [0.15, 0.2) is 0 Å². The van der Waals surface area contributed by atoms with Crippen molar-refractivity contribution in [3.63, 3.8) is 0 Å². The van der Waals surface area contributed by atoms with Crippen molar-refractivity contribution < 1.29 is 19.1 Å². The number of carbonyl (C=O) groups excluding carboxylic acids is 2. The average molecular weight is 585 g/mol. The SMILES string of the molecule is O=C(NCCOc1ccc(C=C2SC(=S)NC2=O)c(OCc2ccccc2Br)c1)Nc1ccccc1. The predicted octanol–water partition coefficient (Wildman–Crippen LogP) is 5.72. The molecule has 10 heteroatoms. The number of hydrogen-bond donors (Lipinski definition) is 3. The normalized spacial score (nSPS) is 13.9. The van der Waals surface area contributed by atoms with Gasteiger partial charge >= 0.3 is 6.03 Å². The molecule has 0 spiro atoms. The smallest absolute Gasteiger partial charge is 0.319 e. The van der Waals surface area contributed by atoms with Gasteiger partial charge in [-0.25, -0.2) is 4.79 Å².